The van der Waals surface area contributed by atoms with Crippen LogP contribution in [0, 0.1) is 5.82 Å². The molecule has 1 N–H and O–H groups in total. The van der Waals surface area contributed by atoms with Crippen LogP contribution in [-0.4, -0.2) is 18.2 Å². The number of thioether (sulfide) groups is 1. The molecule has 0 aliphatic carbocycles. The highest BCUT2D eigenvalue weighted by molar-refractivity contribution is 8.18. The number of ether oxygens (including phenoxy) is 2. The normalized spacial score (nSPS) is 15.9. The number of methoxy groups -OCH3 is 1. The van der Waals surface area contributed by atoms with E-state index in [1.54, 1.807) is 43.5 Å². The summed E-state index contributed by atoms with van der Waals surface area (Å²) in [6.45, 7) is 0.126. The molecule has 1 fully saturated rings. The summed E-state index contributed by atoms with van der Waals surface area (Å²) in [5.74, 6) is 0.816. The van der Waals surface area contributed by atoms with Crippen LogP contribution in [0.15, 0.2) is 82.7 Å². The fourth-order valence-electron chi connectivity index (χ4n) is 2.88. The summed E-state index contributed by atoms with van der Waals surface area (Å²) < 4.78 is 24.6. The second-order valence-corrected chi connectivity index (χ2v) is 7.66. The Morgan fingerprint density at radius 1 is 1.03 bits per heavy atom. The van der Waals surface area contributed by atoms with Gasteiger partial charge in [0.2, 0.25) is 0 Å². The maximum atomic E-state index is 13.8. The summed E-state index contributed by atoms with van der Waals surface area (Å²) >= 11 is 1.27. The lowest BCUT2D eigenvalue weighted by molar-refractivity contribution is -0.115. The van der Waals surface area contributed by atoms with Gasteiger partial charge in [0.1, 0.15) is 23.9 Å². The molecule has 0 bridgehead atoms. The minimum atomic E-state index is -0.302. The fourth-order valence-corrected chi connectivity index (χ4v) is 3.72. The topological polar surface area (TPSA) is 59.9 Å². The smallest absolute Gasteiger partial charge is 0.264 e. The highest BCUT2D eigenvalue weighted by Crippen LogP contribution is 2.29. The molecule has 0 aromatic heterocycles. The van der Waals surface area contributed by atoms with Crippen LogP contribution in [-0.2, 0) is 11.4 Å². The van der Waals surface area contributed by atoms with E-state index in [0.29, 0.717) is 27.1 Å². The molecule has 0 saturated carbocycles. The van der Waals surface area contributed by atoms with E-state index in [1.807, 2.05) is 36.4 Å². The van der Waals surface area contributed by atoms with E-state index in [-0.39, 0.29) is 18.3 Å². The van der Waals surface area contributed by atoms with Crippen molar-refractivity contribution < 1.29 is 18.7 Å². The van der Waals surface area contributed by atoms with Gasteiger partial charge in [-0.15, -0.1) is 0 Å². The first-order valence-electron chi connectivity index (χ1n) is 9.50. The Bertz CT molecular complexity index is 1160. The second kappa shape index (κ2) is 9.49. The average molecular weight is 434 g/mol. The van der Waals surface area contributed by atoms with E-state index in [1.165, 1.54) is 17.8 Å². The van der Waals surface area contributed by atoms with E-state index in [9.17, 15) is 9.18 Å². The number of benzene rings is 3. The minimum Gasteiger partial charge on any atom is -0.497 e. The molecule has 3 aromatic rings. The van der Waals surface area contributed by atoms with Crippen LogP contribution < -0.4 is 14.8 Å². The fraction of sp³-hybridized carbons (Fsp3) is 0.0833. The number of aliphatic imine (C=N–C) groups is 1. The van der Waals surface area contributed by atoms with E-state index >= 15 is 0 Å². The van der Waals surface area contributed by atoms with Crippen molar-refractivity contribution in [2.75, 3.05) is 7.11 Å². The van der Waals surface area contributed by atoms with Gasteiger partial charge in [-0.1, -0.05) is 30.3 Å². The number of carbonyl (C=O) groups is 1. The van der Waals surface area contributed by atoms with Crippen LogP contribution in [0.5, 0.6) is 11.5 Å². The van der Waals surface area contributed by atoms with Crippen LogP contribution >= 0.6 is 11.8 Å². The third-order valence-corrected chi connectivity index (χ3v) is 5.37. The van der Waals surface area contributed by atoms with Crippen LogP contribution in [0.3, 0.4) is 0 Å². The molecule has 1 heterocycles. The minimum absolute atomic E-state index is 0.126. The van der Waals surface area contributed by atoms with Gasteiger partial charge < -0.3 is 14.8 Å². The first-order chi connectivity index (χ1) is 15.1. The van der Waals surface area contributed by atoms with Gasteiger partial charge in [0.15, 0.2) is 5.17 Å². The van der Waals surface area contributed by atoms with Crippen molar-refractivity contribution in [2.45, 2.75) is 6.61 Å². The van der Waals surface area contributed by atoms with E-state index in [2.05, 4.69) is 10.3 Å². The average Bonchev–Trinajstić information content (AvgIpc) is 3.12. The number of hydrogen-bond acceptors (Lipinski definition) is 5. The van der Waals surface area contributed by atoms with E-state index in [0.717, 1.165) is 11.3 Å². The largest absolute Gasteiger partial charge is 0.497 e. The number of rotatable bonds is 6. The lowest BCUT2D eigenvalue weighted by Gasteiger charge is -2.08. The zero-order valence-corrected chi connectivity index (χ0v) is 17.5. The standard InChI is InChI=1S/C24H19FN2O3S/c1-29-19-11-9-18(10-12-19)26-24-27-23(28)22(31-24)14-16-5-4-7-20(13-16)30-15-17-6-2-3-8-21(17)25/h2-14H,15H2,1H3,(H,26,27,28)/b22-14+. The Morgan fingerprint density at radius 2 is 1.84 bits per heavy atom. The first-order valence-corrected chi connectivity index (χ1v) is 10.3. The van der Waals surface area contributed by atoms with Crippen molar-refractivity contribution in [3.63, 3.8) is 0 Å². The number of nitrogens with zero attached hydrogens (tertiary/aromatic N) is 1. The molecule has 5 nitrogen and oxygen atoms in total. The van der Waals surface area contributed by atoms with Crippen molar-refractivity contribution in [3.8, 4) is 11.5 Å². The Morgan fingerprint density at radius 3 is 2.61 bits per heavy atom. The molecule has 1 amide bonds. The molecule has 4 rings (SSSR count). The molecule has 0 radical (unpaired) electrons. The maximum Gasteiger partial charge on any atom is 0.264 e. The van der Waals surface area contributed by atoms with Crippen molar-refractivity contribution in [1.29, 1.82) is 0 Å². The third kappa shape index (κ3) is 5.32. The Kier molecular flexibility index (Phi) is 6.33. The predicted octanol–water partition coefficient (Wildman–Crippen LogP) is 5.30. The van der Waals surface area contributed by atoms with Gasteiger partial charge in [-0.05, 0) is 65.9 Å². The molecule has 1 saturated heterocycles. The van der Waals surface area contributed by atoms with Crippen LogP contribution in [0.4, 0.5) is 10.1 Å². The second-order valence-electron chi connectivity index (χ2n) is 6.63. The van der Waals surface area contributed by atoms with E-state index in [4.69, 9.17) is 9.47 Å². The molecule has 0 atom stereocenters. The maximum absolute atomic E-state index is 13.8. The van der Waals surface area contributed by atoms with Gasteiger partial charge in [0.05, 0.1) is 17.7 Å². The van der Waals surface area contributed by atoms with Gasteiger partial charge in [0.25, 0.3) is 5.91 Å². The SMILES string of the molecule is COc1ccc(N=C2NC(=O)/C(=C\c3cccc(OCc4ccccc4F)c3)S2)cc1. The summed E-state index contributed by atoms with van der Waals surface area (Å²) in [5.41, 5.74) is 2.00. The van der Waals surface area contributed by atoms with Gasteiger partial charge in [0, 0.05) is 5.56 Å². The summed E-state index contributed by atoms with van der Waals surface area (Å²) in [6.07, 6.45) is 1.77. The highest BCUT2D eigenvalue weighted by atomic mass is 32.2. The van der Waals surface area contributed by atoms with Gasteiger partial charge >= 0.3 is 0 Å². The number of amidine groups is 1. The molecule has 3 aromatic carbocycles. The molecule has 156 valence electrons. The Labute approximate surface area is 183 Å². The highest BCUT2D eigenvalue weighted by Gasteiger charge is 2.23. The number of halogens is 1. The molecule has 0 unspecified atom stereocenters. The van der Waals surface area contributed by atoms with Crippen molar-refractivity contribution >= 4 is 34.6 Å². The lowest BCUT2D eigenvalue weighted by Crippen LogP contribution is -2.19. The zero-order chi connectivity index (χ0) is 21.6. The van der Waals surface area contributed by atoms with Crippen molar-refractivity contribution in [3.05, 3.63) is 94.6 Å². The number of amides is 1. The number of carbonyl (C=O) groups excluding carboxylic acids is 1. The molecule has 0 spiro atoms. The van der Waals surface area contributed by atoms with Gasteiger partial charge in [-0.2, -0.15) is 0 Å². The monoisotopic (exact) mass is 434 g/mol. The molecule has 31 heavy (non-hydrogen) atoms. The Balaban J connectivity index is 1.45. The Hall–Kier alpha value is -3.58. The summed E-state index contributed by atoms with van der Waals surface area (Å²) in [7, 11) is 1.60. The van der Waals surface area contributed by atoms with Crippen LogP contribution in [0.25, 0.3) is 6.08 Å². The molecular weight excluding hydrogens is 415 g/mol. The lowest BCUT2D eigenvalue weighted by atomic mass is 10.2. The molecule has 1 aliphatic rings. The zero-order valence-electron chi connectivity index (χ0n) is 16.7. The number of nitrogens with one attached hydrogen (secondary N) is 1. The number of hydrogen-bond donors (Lipinski definition) is 1. The third-order valence-electron chi connectivity index (χ3n) is 4.46. The summed E-state index contributed by atoms with van der Waals surface area (Å²) in [4.78, 5) is 17.3. The quantitative estimate of drug-likeness (QED) is 0.535. The molecule has 1 aliphatic heterocycles. The van der Waals surface area contributed by atoms with Crippen molar-refractivity contribution in [2.24, 2.45) is 4.99 Å². The molecular formula is C24H19FN2O3S. The van der Waals surface area contributed by atoms with Crippen LogP contribution in [0.1, 0.15) is 11.1 Å². The van der Waals surface area contributed by atoms with Crippen molar-refractivity contribution in [1.82, 2.24) is 5.32 Å². The first kappa shape index (κ1) is 20.7. The van der Waals surface area contributed by atoms with Crippen LogP contribution in [0.2, 0.25) is 0 Å². The summed E-state index contributed by atoms with van der Waals surface area (Å²) in [6, 6.07) is 21.0. The summed E-state index contributed by atoms with van der Waals surface area (Å²) in [5, 5.41) is 3.28. The van der Waals surface area contributed by atoms with E-state index < -0.39 is 0 Å². The van der Waals surface area contributed by atoms with Gasteiger partial charge in [-0.25, -0.2) is 9.38 Å². The van der Waals surface area contributed by atoms with Gasteiger partial charge in [-0.3, -0.25) is 4.79 Å². The molecule has 7 heteroatoms. The predicted molar refractivity (Wildman–Crippen MR) is 121 cm³/mol.